The molecule has 0 saturated carbocycles. The Morgan fingerprint density at radius 2 is 2.22 bits per heavy atom. The van der Waals surface area contributed by atoms with Gasteiger partial charge in [-0.05, 0) is 58.5 Å². The van der Waals surface area contributed by atoms with Crippen molar-refractivity contribution in [3.8, 4) is 0 Å². The minimum absolute atomic E-state index is 0.0646. The summed E-state index contributed by atoms with van der Waals surface area (Å²) in [6.07, 6.45) is 4.64. The highest BCUT2D eigenvalue weighted by Gasteiger charge is 2.25. The van der Waals surface area contributed by atoms with E-state index in [0.29, 0.717) is 12.0 Å². The molecule has 0 aromatic rings. The summed E-state index contributed by atoms with van der Waals surface area (Å²) in [5.41, 5.74) is 0. The fourth-order valence-electron chi connectivity index (χ4n) is 3.01. The SMILES string of the molecule is CC(C)N1CCCC(CNC(=O)C2CCCN2)C1. The number of piperidine rings is 1. The van der Waals surface area contributed by atoms with E-state index in [9.17, 15) is 4.79 Å². The Bertz CT molecular complexity index is 274. The van der Waals surface area contributed by atoms with Crippen molar-refractivity contribution in [2.45, 2.75) is 51.6 Å². The summed E-state index contributed by atoms with van der Waals surface area (Å²) in [5.74, 6) is 0.834. The van der Waals surface area contributed by atoms with Crippen molar-refractivity contribution in [2.75, 3.05) is 26.2 Å². The van der Waals surface area contributed by atoms with E-state index in [-0.39, 0.29) is 11.9 Å². The lowest BCUT2D eigenvalue weighted by molar-refractivity contribution is -0.123. The van der Waals surface area contributed by atoms with Crippen LogP contribution in [0.15, 0.2) is 0 Å². The third-order valence-corrected chi connectivity index (χ3v) is 4.22. The first-order chi connectivity index (χ1) is 8.66. The van der Waals surface area contributed by atoms with E-state index in [1.165, 1.54) is 19.4 Å². The second-order valence-corrected chi connectivity index (χ2v) is 5.99. The predicted molar refractivity (Wildman–Crippen MR) is 73.5 cm³/mol. The number of rotatable bonds is 4. The van der Waals surface area contributed by atoms with Gasteiger partial charge in [-0.25, -0.2) is 0 Å². The highest BCUT2D eigenvalue weighted by Crippen LogP contribution is 2.17. The van der Waals surface area contributed by atoms with Gasteiger partial charge in [0.1, 0.15) is 0 Å². The first-order valence-electron chi connectivity index (χ1n) is 7.42. The van der Waals surface area contributed by atoms with Gasteiger partial charge >= 0.3 is 0 Å². The largest absolute Gasteiger partial charge is 0.354 e. The average Bonchev–Trinajstić information content (AvgIpc) is 2.90. The summed E-state index contributed by atoms with van der Waals surface area (Å²) in [6.45, 7) is 8.69. The van der Waals surface area contributed by atoms with Crippen molar-refractivity contribution in [3.63, 3.8) is 0 Å². The molecule has 0 spiro atoms. The van der Waals surface area contributed by atoms with Gasteiger partial charge in [0.25, 0.3) is 0 Å². The predicted octanol–water partition coefficient (Wildman–Crippen LogP) is 0.975. The summed E-state index contributed by atoms with van der Waals surface area (Å²) in [7, 11) is 0. The molecular weight excluding hydrogens is 226 g/mol. The van der Waals surface area contributed by atoms with Crippen LogP contribution in [0.25, 0.3) is 0 Å². The van der Waals surface area contributed by atoms with E-state index in [1.54, 1.807) is 0 Å². The number of amides is 1. The number of likely N-dealkylation sites (tertiary alicyclic amines) is 1. The van der Waals surface area contributed by atoms with Crippen molar-refractivity contribution in [1.29, 1.82) is 0 Å². The van der Waals surface area contributed by atoms with E-state index >= 15 is 0 Å². The normalized spacial score (nSPS) is 29.7. The number of nitrogens with one attached hydrogen (secondary N) is 2. The summed E-state index contributed by atoms with van der Waals surface area (Å²) in [4.78, 5) is 14.4. The van der Waals surface area contributed by atoms with Crippen LogP contribution in [0, 0.1) is 5.92 Å². The highest BCUT2D eigenvalue weighted by molar-refractivity contribution is 5.81. The van der Waals surface area contributed by atoms with Gasteiger partial charge in [-0.3, -0.25) is 4.79 Å². The Morgan fingerprint density at radius 1 is 1.39 bits per heavy atom. The van der Waals surface area contributed by atoms with Crippen LogP contribution in [-0.2, 0) is 4.79 Å². The van der Waals surface area contributed by atoms with Crippen molar-refractivity contribution in [2.24, 2.45) is 5.92 Å². The van der Waals surface area contributed by atoms with E-state index < -0.39 is 0 Å². The molecule has 0 radical (unpaired) electrons. The Kier molecular flexibility index (Phi) is 5.01. The molecule has 2 N–H and O–H groups in total. The Balaban J connectivity index is 1.70. The fraction of sp³-hybridized carbons (Fsp3) is 0.929. The van der Waals surface area contributed by atoms with Gasteiger partial charge in [-0.1, -0.05) is 0 Å². The molecule has 0 bridgehead atoms. The summed E-state index contributed by atoms with van der Waals surface area (Å²) < 4.78 is 0. The maximum absolute atomic E-state index is 11.9. The molecule has 2 saturated heterocycles. The third-order valence-electron chi connectivity index (χ3n) is 4.22. The van der Waals surface area contributed by atoms with Crippen LogP contribution in [0.2, 0.25) is 0 Å². The zero-order chi connectivity index (χ0) is 13.0. The Labute approximate surface area is 110 Å². The Morgan fingerprint density at radius 3 is 2.89 bits per heavy atom. The molecule has 104 valence electrons. The number of hydrogen-bond acceptors (Lipinski definition) is 3. The summed E-state index contributed by atoms with van der Waals surface area (Å²) in [6, 6.07) is 0.690. The van der Waals surface area contributed by atoms with E-state index in [4.69, 9.17) is 0 Å². The lowest BCUT2D eigenvalue weighted by Gasteiger charge is -2.35. The van der Waals surface area contributed by atoms with Crippen molar-refractivity contribution < 1.29 is 4.79 Å². The molecule has 18 heavy (non-hydrogen) atoms. The van der Waals surface area contributed by atoms with Crippen LogP contribution in [0.3, 0.4) is 0 Å². The first kappa shape index (κ1) is 13.8. The zero-order valence-electron chi connectivity index (χ0n) is 11.7. The van der Waals surface area contributed by atoms with Gasteiger partial charge in [0, 0.05) is 19.1 Å². The third kappa shape index (κ3) is 3.69. The second-order valence-electron chi connectivity index (χ2n) is 5.99. The molecule has 2 aliphatic rings. The summed E-state index contributed by atoms with van der Waals surface area (Å²) >= 11 is 0. The number of carbonyl (C=O) groups excluding carboxylic acids is 1. The molecule has 2 rings (SSSR count). The minimum Gasteiger partial charge on any atom is -0.354 e. The van der Waals surface area contributed by atoms with Crippen LogP contribution in [0.1, 0.15) is 39.5 Å². The lowest BCUT2D eigenvalue weighted by atomic mass is 9.97. The minimum atomic E-state index is 0.0646. The van der Waals surface area contributed by atoms with Crippen molar-refractivity contribution in [1.82, 2.24) is 15.5 Å². The lowest BCUT2D eigenvalue weighted by Crippen LogP contribution is -2.46. The Hall–Kier alpha value is -0.610. The molecule has 2 atom stereocenters. The van der Waals surface area contributed by atoms with Crippen molar-refractivity contribution in [3.05, 3.63) is 0 Å². The highest BCUT2D eigenvalue weighted by atomic mass is 16.2. The molecule has 0 aromatic heterocycles. The summed E-state index contributed by atoms with van der Waals surface area (Å²) in [5, 5.41) is 6.37. The van der Waals surface area contributed by atoms with Gasteiger partial charge in [0.05, 0.1) is 6.04 Å². The monoisotopic (exact) mass is 253 g/mol. The van der Waals surface area contributed by atoms with Gasteiger partial charge in [0.15, 0.2) is 0 Å². The van der Waals surface area contributed by atoms with Gasteiger partial charge < -0.3 is 15.5 Å². The molecule has 2 aliphatic heterocycles. The molecule has 2 heterocycles. The smallest absolute Gasteiger partial charge is 0.237 e. The molecule has 4 heteroatoms. The van der Waals surface area contributed by atoms with Gasteiger partial charge in [0.2, 0.25) is 5.91 Å². The topological polar surface area (TPSA) is 44.4 Å². The number of carbonyl (C=O) groups is 1. The molecule has 2 unspecified atom stereocenters. The van der Waals surface area contributed by atoms with Gasteiger partial charge in [-0.2, -0.15) is 0 Å². The van der Waals surface area contributed by atoms with E-state index in [1.807, 2.05) is 0 Å². The standard InChI is InChI=1S/C14H27N3O/c1-11(2)17-8-4-5-12(10-17)9-16-14(18)13-6-3-7-15-13/h11-13,15H,3-10H2,1-2H3,(H,16,18). The van der Waals surface area contributed by atoms with Gasteiger partial charge in [-0.15, -0.1) is 0 Å². The molecule has 4 nitrogen and oxygen atoms in total. The van der Waals surface area contributed by atoms with Crippen LogP contribution in [0.5, 0.6) is 0 Å². The maximum Gasteiger partial charge on any atom is 0.237 e. The molecule has 1 amide bonds. The first-order valence-corrected chi connectivity index (χ1v) is 7.42. The van der Waals surface area contributed by atoms with Crippen LogP contribution < -0.4 is 10.6 Å². The second kappa shape index (κ2) is 6.53. The molecule has 0 aromatic carbocycles. The van der Waals surface area contributed by atoms with Crippen LogP contribution >= 0.6 is 0 Å². The number of nitrogens with zero attached hydrogens (tertiary/aromatic N) is 1. The molecular formula is C14H27N3O. The average molecular weight is 253 g/mol. The van der Waals surface area contributed by atoms with E-state index in [2.05, 4.69) is 29.4 Å². The fourth-order valence-corrected chi connectivity index (χ4v) is 3.01. The van der Waals surface area contributed by atoms with Crippen LogP contribution in [-0.4, -0.2) is 49.1 Å². The van der Waals surface area contributed by atoms with Crippen molar-refractivity contribution >= 4 is 5.91 Å². The van der Waals surface area contributed by atoms with E-state index in [0.717, 1.165) is 32.5 Å². The molecule has 0 aliphatic carbocycles. The zero-order valence-corrected chi connectivity index (χ0v) is 11.7. The quantitative estimate of drug-likeness (QED) is 0.785. The maximum atomic E-state index is 11.9. The number of hydrogen-bond donors (Lipinski definition) is 2. The van der Waals surface area contributed by atoms with Crippen LogP contribution in [0.4, 0.5) is 0 Å². The molecule has 2 fully saturated rings.